The van der Waals surface area contributed by atoms with Crippen LogP contribution in [-0.2, 0) is 38.7 Å². The predicted octanol–water partition coefficient (Wildman–Crippen LogP) is 9.88. The number of halogens is 3. The van der Waals surface area contributed by atoms with Crippen LogP contribution in [0.1, 0.15) is 45.7 Å². The van der Waals surface area contributed by atoms with Crippen molar-refractivity contribution in [2.75, 3.05) is 33.0 Å². The van der Waals surface area contributed by atoms with Gasteiger partial charge < -0.3 is 22.6 Å². The first kappa shape index (κ1) is 35.3. The summed E-state index contributed by atoms with van der Waals surface area (Å²) in [7, 11) is -4.03. The van der Waals surface area contributed by atoms with Gasteiger partial charge in [0.1, 0.15) is 0 Å². The summed E-state index contributed by atoms with van der Waals surface area (Å²) in [6, 6.07) is 15.9. The first-order chi connectivity index (χ1) is 16.8. The molecule has 0 heterocycles. The van der Waals surface area contributed by atoms with Crippen LogP contribution >= 0.6 is 64.0 Å². The van der Waals surface area contributed by atoms with Crippen LogP contribution in [0, 0.1) is 0 Å². The molecule has 0 bridgehead atoms. The van der Waals surface area contributed by atoms with Gasteiger partial charge in [0.05, 0.1) is 39.2 Å². The molecular formula is C24H37Br3O6P2. The molecule has 0 aromatic heterocycles. The van der Waals surface area contributed by atoms with Crippen LogP contribution in [0.3, 0.4) is 0 Å². The molecule has 200 valence electrons. The van der Waals surface area contributed by atoms with Gasteiger partial charge in [-0.2, -0.15) is 0 Å². The molecule has 35 heavy (non-hydrogen) atoms. The van der Waals surface area contributed by atoms with E-state index >= 15 is 0 Å². The van der Waals surface area contributed by atoms with Crippen molar-refractivity contribution in [3.8, 4) is 0 Å². The molecule has 0 aliphatic rings. The Bertz CT molecular complexity index is 786. The lowest BCUT2D eigenvalue weighted by Crippen LogP contribution is -1.98. The average Bonchev–Trinajstić information content (AvgIpc) is 2.83. The van der Waals surface area contributed by atoms with Crippen molar-refractivity contribution >= 4 is 64.0 Å². The molecule has 0 saturated heterocycles. The van der Waals surface area contributed by atoms with Gasteiger partial charge in [-0.3, -0.25) is 4.57 Å². The summed E-state index contributed by atoms with van der Waals surface area (Å²) in [6.45, 7) is 12.1. The summed E-state index contributed by atoms with van der Waals surface area (Å²) < 4.78 is 40.2. The molecule has 0 aliphatic heterocycles. The van der Waals surface area contributed by atoms with Gasteiger partial charge in [0, 0.05) is 14.3 Å². The van der Waals surface area contributed by atoms with Gasteiger partial charge in [0.15, 0.2) is 0 Å². The lowest BCUT2D eigenvalue weighted by Gasteiger charge is -2.16. The fourth-order valence-corrected chi connectivity index (χ4v) is 5.80. The SMILES string of the molecule is BrCc1ccc(Br)cc1.CCOP(=O)(Cc1ccc(Br)cc1)OCC.CCOP(OCC)OCC. The molecule has 0 spiro atoms. The van der Waals surface area contributed by atoms with Crippen LogP contribution in [0.5, 0.6) is 0 Å². The molecule has 2 aromatic rings. The van der Waals surface area contributed by atoms with E-state index in [4.69, 9.17) is 22.6 Å². The monoisotopic (exact) mass is 720 g/mol. The van der Waals surface area contributed by atoms with Crippen LogP contribution in [-0.4, -0.2) is 33.0 Å². The smallest absolute Gasteiger partial charge is 0.313 e. The van der Waals surface area contributed by atoms with E-state index in [2.05, 4.69) is 59.9 Å². The normalized spacial score (nSPS) is 10.9. The maximum absolute atomic E-state index is 12.2. The van der Waals surface area contributed by atoms with Crippen LogP contribution < -0.4 is 0 Å². The maximum Gasteiger partial charge on any atom is 0.335 e. The quantitative estimate of drug-likeness (QED) is 0.152. The van der Waals surface area contributed by atoms with Gasteiger partial charge in [0.2, 0.25) is 0 Å². The fourth-order valence-electron chi connectivity index (χ4n) is 2.34. The molecule has 0 N–H and O–H groups in total. The minimum atomic E-state index is -2.97. The third kappa shape index (κ3) is 18.3. The Morgan fingerprint density at radius 1 is 0.657 bits per heavy atom. The zero-order valence-corrected chi connectivity index (χ0v) is 27.6. The van der Waals surface area contributed by atoms with Crippen LogP contribution in [0.2, 0.25) is 0 Å². The van der Waals surface area contributed by atoms with Crippen molar-refractivity contribution in [3.63, 3.8) is 0 Å². The maximum atomic E-state index is 12.2. The van der Waals surface area contributed by atoms with E-state index in [-0.39, 0.29) is 0 Å². The van der Waals surface area contributed by atoms with E-state index in [1.807, 2.05) is 71.0 Å². The van der Waals surface area contributed by atoms with Crippen molar-refractivity contribution in [3.05, 3.63) is 68.6 Å². The summed E-state index contributed by atoms with van der Waals surface area (Å²) in [4.78, 5) is 0. The number of rotatable bonds is 13. The highest BCUT2D eigenvalue weighted by molar-refractivity contribution is 9.10. The largest absolute Gasteiger partial charge is 0.335 e. The molecule has 0 fully saturated rings. The molecule has 11 heteroatoms. The van der Waals surface area contributed by atoms with E-state index in [0.717, 1.165) is 19.8 Å². The van der Waals surface area contributed by atoms with Gasteiger partial charge in [-0.25, -0.2) is 0 Å². The lowest BCUT2D eigenvalue weighted by atomic mass is 10.2. The minimum Gasteiger partial charge on any atom is -0.313 e. The number of alkyl halides is 1. The molecule has 6 nitrogen and oxygen atoms in total. The molecule has 0 unspecified atom stereocenters. The average molecular weight is 723 g/mol. The second-order valence-electron chi connectivity index (χ2n) is 6.47. The highest BCUT2D eigenvalue weighted by atomic mass is 79.9. The Balaban J connectivity index is 0.000000526. The number of hydrogen-bond donors (Lipinski definition) is 0. The van der Waals surface area contributed by atoms with Gasteiger partial charge in [0.25, 0.3) is 0 Å². The topological polar surface area (TPSA) is 63.2 Å². The van der Waals surface area contributed by atoms with E-state index in [1.165, 1.54) is 5.56 Å². The molecule has 0 amide bonds. The van der Waals surface area contributed by atoms with Crippen molar-refractivity contribution in [2.45, 2.75) is 46.1 Å². The second kappa shape index (κ2) is 22.3. The van der Waals surface area contributed by atoms with Crippen molar-refractivity contribution in [1.29, 1.82) is 0 Å². The highest BCUT2D eigenvalue weighted by Gasteiger charge is 2.23. The van der Waals surface area contributed by atoms with Crippen molar-refractivity contribution < 1.29 is 27.2 Å². The van der Waals surface area contributed by atoms with E-state index < -0.39 is 16.2 Å². The molecule has 2 aromatic carbocycles. The standard InChI is InChI=1S/C11H16BrO3P.C7H6Br2.C6H15O3P/c1-3-14-16(13,15-4-2)9-10-5-7-11(12)8-6-10;8-5-6-1-3-7(9)4-2-6;1-4-7-10(8-5-2)9-6-3/h5-8H,3-4,9H2,1-2H3;1-4H,5H2;4-6H2,1-3H3. The second-order valence-corrected chi connectivity index (χ2v) is 12.1. The Morgan fingerprint density at radius 3 is 1.34 bits per heavy atom. The molecule has 0 atom stereocenters. The van der Waals surface area contributed by atoms with Crippen LogP contribution in [0.15, 0.2) is 57.5 Å². The van der Waals surface area contributed by atoms with Crippen LogP contribution in [0.25, 0.3) is 0 Å². The minimum absolute atomic E-state index is 0.321. The first-order valence-electron chi connectivity index (χ1n) is 11.4. The van der Waals surface area contributed by atoms with E-state index in [9.17, 15) is 4.57 Å². The molecule has 0 saturated carbocycles. The summed E-state index contributed by atoms with van der Waals surface area (Å²) in [6.07, 6.45) is 0.321. The zero-order chi connectivity index (χ0) is 26.5. The van der Waals surface area contributed by atoms with Crippen molar-refractivity contribution in [1.82, 2.24) is 0 Å². The molecular weight excluding hydrogens is 686 g/mol. The first-order valence-corrected chi connectivity index (χ1v) is 16.9. The Kier molecular flexibility index (Phi) is 22.6. The molecule has 0 aliphatic carbocycles. The number of benzene rings is 2. The van der Waals surface area contributed by atoms with Gasteiger partial charge in [-0.1, -0.05) is 72.1 Å². The Labute approximate surface area is 237 Å². The predicted molar refractivity (Wildman–Crippen MR) is 157 cm³/mol. The zero-order valence-electron chi connectivity index (χ0n) is 21.0. The van der Waals surface area contributed by atoms with Crippen LogP contribution in [0.4, 0.5) is 0 Å². The number of hydrogen-bond acceptors (Lipinski definition) is 6. The third-order valence-electron chi connectivity index (χ3n) is 3.71. The Morgan fingerprint density at radius 2 is 1.03 bits per heavy atom. The summed E-state index contributed by atoms with van der Waals surface area (Å²) >= 11 is 10.1. The lowest BCUT2D eigenvalue weighted by molar-refractivity contribution is 0.176. The highest BCUT2D eigenvalue weighted by Crippen LogP contribution is 2.51. The molecule has 0 radical (unpaired) electrons. The van der Waals surface area contributed by atoms with Gasteiger partial charge in [-0.05, 0) is 70.0 Å². The van der Waals surface area contributed by atoms with Gasteiger partial charge in [-0.15, -0.1) is 0 Å². The summed E-state index contributed by atoms with van der Waals surface area (Å²) in [5, 5.41) is 0.931. The summed E-state index contributed by atoms with van der Waals surface area (Å²) in [5.41, 5.74) is 2.26. The van der Waals surface area contributed by atoms with Gasteiger partial charge >= 0.3 is 16.2 Å². The van der Waals surface area contributed by atoms with E-state index in [0.29, 0.717) is 39.2 Å². The van der Waals surface area contributed by atoms with Crippen molar-refractivity contribution in [2.24, 2.45) is 0 Å². The summed E-state index contributed by atoms with van der Waals surface area (Å²) in [5.74, 6) is 0. The Hall–Kier alpha value is 0.340. The van der Waals surface area contributed by atoms with E-state index in [1.54, 1.807) is 0 Å². The third-order valence-corrected chi connectivity index (χ3v) is 8.88. The molecule has 2 rings (SSSR count). The fraction of sp³-hybridized carbons (Fsp3) is 0.500.